The van der Waals surface area contributed by atoms with E-state index in [0.29, 0.717) is 29.0 Å². The van der Waals surface area contributed by atoms with Gasteiger partial charge in [-0.3, -0.25) is 4.98 Å². The smallest absolute Gasteiger partial charge is 0.138 e. The second-order valence-electron chi connectivity index (χ2n) is 4.71. The molecule has 2 aromatic heterocycles. The molecule has 1 aromatic carbocycles. The molecule has 6 nitrogen and oxygen atoms in total. The molecule has 0 unspecified atom stereocenters. The van der Waals surface area contributed by atoms with Crippen LogP contribution in [-0.4, -0.2) is 15.0 Å². The van der Waals surface area contributed by atoms with Crippen molar-refractivity contribution in [2.45, 2.75) is 6.61 Å². The quantitative estimate of drug-likeness (QED) is 0.746. The third-order valence-electron chi connectivity index (χ3n) is 2.99. The number of aromatic nitrogens is 3. The summed E-state index contributed by atoms with van der Waals surface area (Å²) in [5.74, 6) is 1.57. The van der Waals surface area contributed by atoms with Gasteiger partial charge in [0.05, 0.1) is 10.7 Å². The largest absolute Gasteiger partial charge is 0.486 e. The molecule has 0 bridgehead atoms. The maximum absolute atomic E-state index is 6.25. The second kappa shape index (κ2) is 6.93. The number of nitrogens with one attached hydrogen (secondary N) is 1. The lowest BCUT2D eigenvalue weighted by Crippen LogP contribution is -1.99. The maximum atomic E-state index is 6.25. The van der Waals surface area contributed by atoms with Gasteiger partial charge in [0.2, 0.25) is 0 Å². The molecule has 0 radical (unpaired) electrons. The van der Waals surface area contributed by atoms with Crippen LogP contribution in [0, 0.1) is 0 Å². The molecule has 3 N–H and O–H groups in total. The number of benzene rings is 1. The first kappa shape index (κ1) is 15.1. The van der Waals surface area contributed by atoms with Gasteiger partial charge in [0.25, 0.3) is 0 Å². The van der Waals surface area contributed by atoms with Gasteiger partial charge in [-0.25, -0.2) is 9.97 Å². The van der Waals surface area contributed by atoms with Gasteiger partial charge in [0, 0.05) is 18.0 Å². The van der Waals surface area contributed by atoms with Gasteiger partial charge in [-0.15, -0.1) is 0 Å². The number of ether oxygens (including phenoxy) is 1. The van der Waals surface area contributed by atoms with E-state index in [9.17, 15) is 0 Å². The summed E-state index contributed by atoms with van der Waals surface area (Å²) in [6, 6.07) is 12.7. The summed E-state index contributed by atoms with van der Waals surface area (Å²) in [5, 5.41) is 3.60. The fourth-order valence-corrected chi connectivity index (χ4v) is 2.15. The van der Waals surface area contributed by atoms with Gasteiger partial charge >= 0.3 is 0 Å². The van der Waals surface area contributed by atoms with Crippen LogP contribution in [0.25, 0.3) is 0 Å². The van der Waals surface area contributed by atoms with E-state index in [2.05, 4.69) is 20.3 Å². The van der Waals surface area contributed by atoms with Crippen molar-refractivity contribution in [3.05, 3.63) is 65.7 Å². The van der Waals surface area contributed by atoms with Crippen LogP contribution >= 0.6 is 11.6 Å². The number of hydrogen-bond acceptors (Lipinski definition) is 6. The van der Waals surface area contributed by atoms with Crippen LogP contribution in [-0.2, 0) is 6.61 Å². The Morgan fingerprint density at radius 2 is 2.00 bits per heavy atom. The highest BCUT2D eigenvalue weighted by molar-refractivity contribution is 6.32. The van der Waals surface area contributed by atoms with E-state index < -0.39 is 0 Å². The lowest BCUT2D eigenvalue weighted by atomic mass is 10.3. The summed E-state index contributed by atoms with van der Waals surface area (Å²) >= 11 is 6.25. The summed E-state index contributed by atoms with van der Waals surface area (Å²) in [6.07, 6.45) is 3.12. The summed E-state index contributed by atoms with van der Waals surface area (Å²) < 4.78 is 5.68. The third kappa shape index (κ3) is 4.08. The van der Waals surface area contributed by atoms with Crippen LogP contribution in [0.15, 0.2) is 55.0 Å². The van der Waals surface area contributed by atoms with Crippen molar-refractivity contribution in [3.63, 3.8) is 0 Å². The first-order valence-corrected chi connectivity index (χ1v) is 7.25. The Morgan fingerprint density at radius 3 is 2.74 bits per heavy atom. The molecular formula is C16H14ClN5O. The first-order chi connectivity index (χ1) is 11.2. The van der Waals surface area contributed by atoms with Gasteiger partial charge in [-0.05, 0) is 30.3 Å². The average Bonchev–Trinajstić information content (AvgIpc) is 2.55. The average molecular weight is 328 g/mol. The van der Waals surface area contributed by atoms with Crippen molar-refractivity contribution in [3.8, 4) is 5.75 Å². The highest BCUT2D eigenvalue weighted by Gasteiger charge is 2.05. The van der Waals surface area contributed by atoms with Crippen LogP contribution < -0.4 is 15.8 Å². The van der Waals surface area contributed by atoms with Crippen molar-refractivity contribution in [2.75, 3.05) is 11.1 Å². The molecule has 0 aliphatic rings. The normalized spacial score (nSPS) is 10.3. The molecule has 0 fully saturated rings. The molecule has 7 heteroatoms. The Balaban J connectivity index is 1.68. The molecule has 0 spiro atoms. The topological polar surface area (TPSA) is 86.0 Å². The van der Waals surface area contributed by atoms with Crippen molar-refractivity contribution >= 4 is 28.9 Å². The van der Waals surface area contributed by atoms with E-state index in [4.69, 9.17) is 22.1 Å². The summed E-state index contributed by atoms with van der Waals surface area (Å²) in [4.78, 5) is 12.1. The van der Waals surface area contributed by atoms with Crippen molar-refractivity contribution in [1.82, 2.24) is 15.0 Å². The molecule has 0 aliphatic heterocycles. The number of nitrogens with two attached hydrogens (primary N) is 1. The van der Waals surface area contributed by atoms with Gasteiger partial charge in [0.1, 0.15) is 30.3 Å². The van der Waals surface area contributed by atoms with Gasteiger partial charge in [0.15, 0.2) is 0 Å². The number of nitrogen functional groups attached to an aromatic ring is 1. The Kier molecular flexibility index (Phi) is 4.54. The van der Waals surface area contributed by atoms with Crippen LogP contribution in [0.2, 0.25) is 5.02 Å². The van der Waals surface area contributed by atoms with E-state index in [-0.39, 0.29) is 0 Å². The molecule has 0 amide bonds. The maximum Gasteiger partial charge on any atom is 0.138 e. The van der Waals surface area contributed by atoms with Gasteiger partial charge < -0.3 is 15.8 Å². The minimum absolute atomic E-state index is 0.357. The van der Waals surface area contributed by atoms with Crippen molar-refractivity contribution in [1.29, 1.82) is 0 Å². The molecule has 3 aromatic rings. The molecule has 2 heterocycles. The first-order valence-electron chi connectivity index (χ1n) is 6.87. The summed E-state index contributed by atoms with van der Waals surface area (Å²) in [5.41, 5.74) is 7.23. The lowest BCUT2D eigenvalue weighted by Gasteiger charge is -2.10. The SMILES string of the molecule is Nc1cc(Nc2ccc(OCc3ccccn3)c(Cl)c2)ncn1. The van der Waals surface area contributed by atoms with E-state index >= 15 is 0 Å². The fourth-order valence-electron chi connectivity index (χ4n) is 1.92. The Hall–Kier alpha value is -2.86. The zero-order chi connectivity index (χ0) is 16.1. The van der Waals surface area contributed by atoms with Crippen molar-refractivity contribution < 1.29 is 4.74 Å². The minimum Gasteiger partial charge on any atom is -0.486 e. The standard InChI is InChI=1S/C16H14ClN5O/c17-13-7-11(22-16-8-15(18)20-10-21-16)4-5-14(13)23-9-12-3-1-2-6-19-12/h1-8,10H,9H2,(H3,18,20,21,22). The third-order valence-corrected chi connectivity index (χ3v) is 3.29. The van der Waals surface area contributed by atoms with Gasteiger partial charge in [-0.1, -0.05) is 17.7 Å². The molecule has 0 saturated heterocycles. The molecule has 0 aliphatic carbocycles. The number of pyridine rings is 1. The number of rotatable bonds is 5. The molecule has 23 heavy (non-hydrogen) atoms. The van der Waals surface area contributed by atoms with E-state index in [1.54, 1.807) is 24.4 Å². The highest BCUT2D eigenvalue weighted by atomic mass is 35.5. The summed E-state index contributed by atoms with van der Waals surface area (Å²) in [7, 11) is 0. The lowest BCUT2D eigenvalue weighted by molar-refractivity contribution is 0.301. The van der Waals surface area contributed by atoms with Crippen LogP contribution in [0.5, 0.6) is 5.75 Å². The predicted molar refractivity (Wildman–Crippen MR) is 89.7 cm³/mol. The number of nitrogens with zero attached hydrogens (tertiary/aromatic N) is 3. The zero-order valence-electron chi connectivity index (χ0n) is 12.1. The fraction of sp³-hybridized carbons (Fsp3) is 0.0625. The monoisotopic (exact) mass is 327 g/mol. The van der Waals surface area contributed by atoms with E-state index in [1.165, 1.54) is 6.33 Å². The highest BCUT2D eigenvalue weighted by Crippen LogP contribution is 2.29. The number of anilines is 3. The van der Waals surface area contributed by atoms with Gasteiger partial charge in [-0.2, -0.15) is 0 Å². The molecular weight excluding hydrogens is 314 g/mol. The van der Waals surface area contributed by atoms with Crippen LogP contribution in [0.1, 0.15) is 5.69 Å². The minimum atomic E-state index is 0.357. The van der Waals surface area contributed by atoms with Crippen LogP contribution in [0.3, 0.4) is 0 Å². The summed E-state index contributed by atoms with van der Waals surface area (Å²) in [6.45, 7) is 0.357. The van der Waals surface area contributed by atoms with E-state index in [1.807, 2.05) is 24.3 Å². The predicted octanol–water partition coefficient (Wildman–Crippen LogP) is 3.43. The van der Waals surface area contributed by atoms with E-state index in [0.717, 1.165) is 11.4 Å². The zero-order valence-corrected chi connectivity index (χ0v) is 12.9. The Bertz CT molecular complexity index is 797. The number of halogens is 1. The molecule has 0 saturated carbocycles. The van der Waals surface area contributed by atoms with Crippen LogP contribution in [0.4, 0.5) is 17.3 Å². The van der Waals surface area contributed by atoms with Crippen molar-refractivity contribution in [2.24, 2.45) is 0 Å². The number of hydrogen-bond donors (Lipinski definition) is 2. The molecule has 3 rings (SSSR count). The molecule has 116 valence electrons. The Labute approximate surface area is 138 Å². The second-order valence-corrected chi connectivity index (χ2v) is 5.12. The Morgan fingerprint density at radius 1 is 1.09 bits per heavy atom. The molecule has 0 atom stereocenters.